The fourth-order valence-electron chi connectivity index (χ4n) is 3.87. The summed E-state index contributed by atoms with van der Waals surface area (Å²) < 4.78 is 34.5. The van der Waals surface area contributed by atoms with E-state index in [4.69, 9.17) is 4.74 Å². The lowest BCUT2D eigenvalue weighted by molar-refractivity contribution is 0.162. The molecule has 6 heteroatoms. The van der Waals surface area contributed by atoms with Gasteiger partial charge in [0.2, 0.25) is 10.0 Å². The van der Waals surface area contributed by atoms with Crippen LogP contribution in [-0.2, 0) is 10.0 Å². The fraction of sp³-hybridized carbons (Fsp3) is 0.455. The van der Waals surface area contributed by atoms with E-state index in [-0.39, 0.29) is 6.04 Å². The van der Waals surface area contributed by atoms with Gasteiger partial charge in [-0.1, -0.05) is 36.8 Å². The number of rotatable bonds is 7. The number of methoxy groups -OCH3 is 1. The number of aryl methyl sites for hydroxylation is 2. The Morgan fingerprint density at radius 2 is 1.79 bits per heavy atom. The van der Waals surface area contributed by atoms with Gasteiger partial charge in [0.15, 0.2) is 0 Å². The second kappa shape index (κ2) is 9.07. The van der Waals surface area contributed by atoms with Crippen molar-refractivity contribution in [3.8, 4) is 5.75 Å². The zero-order chi connectivity index (χ0) is 20.1. The number of nitrogens with one attached hydrogen (secondary N) is 1. The Hall–Kier alpha value is -1.89. The largest absolute Gasteiger partial charge is 0.496 e. The smallest absolute Gasteiger partial charge is 0.240 e. The summed E-state index contributed by atoms with van der Waals surface area (Å²) in [6, 6.07) is 13.3. The number of nitrogens with zero attached hydrogens (tertiary/aromatic N) is 1. The van der Waals surface area contributed by atoms with Crippen LogP contribution in [0, 0.1) is 13.8 Å². The summed E-state index contributed by atoms with van der Waals surface area (Å²) in [5.41, 5.74) is 2.71. The highest BCUT2D eigenvalue weighted by molar-refractivity contribution is 7.89. The van der Waals surface area contributed by atoms with Crippen molar-refractivity contribution in [3.05, 3.63) is 59.2 Å². The van der Waals surface area contributed by atoms with Gasteiger partial charge in [-0.05, 0) is 63.0 Å². The summed E-state index contributed by atoms with van der Waals surface area (Å²) >= 11 is 0. The van der Waals surface area contributed by atoms with E-state index in [2.05, 4.69) is 9.62 Å². The van der Waals surface area contributed by atoms with E-state index >= 15 is 0 Å². The molecule has 1 unspecified atom stereocenters. The molecule has 0 saturated carbocycles. The molecule has 1 fully saturated rings. The molecular formula is C22H30N2O3S. The Bertz CT molecular complexity index is 906. The Balaban J connectivity index is 1.88. The minimum atomic E-state index is -3.59. The molecule has 0 bridgehead atoms. The molecule has 0 aromatic heterocycles. The zero-order valence-electron chi connectivity index (χ0n) is 16.9. The lowest BCUT2D eigenvalue weighted by Gasteiger charge is -2.35. The van der Waals surface area contributed by atoms with E-state index in [0.29, 0.717) is 11.4 Å². The number of piperidine rings is 1. The normalized spacial score (nSPS) is 16.7. The molecule has 152 valence electrons. The average Bonchev–Trinajstić information content (AvgIpc) is 2.71. The molecule has 0 amide bonds. The molecule has 1 N–H and O–H groups in total. The standard InChI is InChI=1S/C22H30N2O3S/c1-17-11-12-18(2)22(15-17)28(25,26)23-16-20(24-13-7-4-8-14-24)19-9-5-6-10-21(19)27-3/h5-6,9-12,15,20,23H,4,7-8,13-14,16H2,1-3H3. The van der Waals surface area contributed by atoms with Gasteiger partial charge in [0, 0.05) is 12.1 Å². The summed E-state index contributed by atoms with van der Waals surface area (Å²) in [6.07, 6.45) is 3.49. The van der Waals surface area contributed by atoms with Gasteiger partial charge in [-0.25, -0.2) is 13.1 Å². The predicted octanol–water partition coefficient (Wildman–Crippen LogP) is 3.82. The molecule has 1 heterocycles. The van der Waals surface area contributed by atoms with Gasteiger partial charge in [0.1, 0.15) is 5.75 Å². The predicted molar refractivity (Wildman–Crippen MR) is 112 cm³/mol. The monoisotopic (exact) mass is 402 g/mol. The minimum absolute atomic E-state index is 0.0589. The van der Waals surface area contributed by atoms with Gasteiger partial charge in [-0.3, -0.25) is 4.90 Å². The Kier molecular flexibility index (Phi) is 6.75. The minimum Gasteiger partial charge on any atom is -0.496 e. The van der Waals surface area contributed by atoms with Crippen LogP contribution in [0.15, 0.2) is 47.4 Å². The molecule has 0 aliphatic carbocycles. The van der Waals surface area contributed by atoms with E-state index in [1.807, 2.05) is 50.2 Å². The first-order chi connectivity index (χ1) is 13.4. The van der Waals surface area contributed by atoms with Crippen molar-refractivity contribution in [2.45, 2.75) is 44.0 Å². The first-order valence-electron chi connectivity index (χ1n) is 9.86. The molecule has 1 atom stereocenters. The van der Waals surface area contributed by atoms with Gasteiger partial charge in [-0.15, -0.1) is 0 Å². The van der Waals surface area contributed by atoms with Gasteiger partial charge in [0.05, 0.1) is 18.0 Å². The zero-order valence-corrected chi connectivity index (χ0v) is 17.8. The highest BCUT2D eigenvalue weighted by Gasteiger charge is 2.27. The second-order valence-electron chi connectivity index (χ2n) is 7.48. The molecular weight excluding hydrogens is 372 g/mol. The maximum atomic E-state index is 13.0. The van der Waals surface area contributed by atoms with E-state index in [1.165, 1.54) is 6.42 Å². The van der Waals surface area contributed by atoms with E-state index in [9.17, 15) is 8.42 Å². The van der Waals surface area contributed by atoms with Gasteiger partial charge in [-0.2, -0.15) is 0 Å². The second-order valence-corrected chi connectivity index (χ2v) is 9.21. The van der Waals surface area contributed by atoms with Crippen molar-refractivity contribution in [3.63, 3.8) is 0 Å². The van der Waals surface area contributed by atoms with Crippen molar-refractivity contribution in [1.82, 2.24) is 9.62 Å². The number of benzene rings is 2. The molecule has 0 spiro atoms. The van der Waals surface area contributed by atoms with Crippen LogP contribution in [0.5, 0.6) is 5.75 Å². The third-order valence-corrected chi connectivity index (χ3v) is 6.99. The van der Waals surface area contributed by atoms with E-state index in [1.54, 1.807) is 13.2 Å². The van der Waals surface area contributed by atoms with Gasteiger partial charge in [0.25, 0.3) is 0 Å². The molecule has 1 aliphatic heterocycles. The van der Waals surface area contributed by atoms with Crippen LogP contribution >= 0.6 is 0 Å². The van der Waals surface area contributed by atoms with Crippen LogP contribution in [0.4, 0.5) is 0 Å². The number of hydrogen-bond acceptors (Lipinski definition) is 4. The Labute approximate surface area is 168 Å². The summed E-state index contributed by atoms with van der Waals surface area (Å²) in [5.74, 6) is 0.795. The Morgan fingerprint density at radius 1 is 1.07 bits per heavy atom. The quantitative estimate of drug-likeness (QED) is 0.765. The fourth-order valence-corrected chi connectivity index (χ4v) is 5.24. The molecule has 28 heavy (non-hydrogen) atoms. The third-order valence-electron chi connectivity index (χ3n) is 5.43. The Morgan fingerprint density at radius 3 is 2.50 bits per heavy atom. The third kappa shape index (κ3) is 4.74. The van der Waals surface area contributed by atoms with Crippen LogP contribution in [0.1, 0.15) is 42.0 Å². The maximum Gasteiger partial charge on any atom is 0.240 e. The van der Waals surface area contributed by atoms with Crippen LogP contribution < -0.4 is 9.46 Å². The van der Waals surface area contributed by atoms with Crippen molar-refractivity contribution < 1.29 is 13.2 Å². The summed E-state index contributed by atoms with van der Waals surface area (Å²) in [6.45, 7) is 5.98. The highest BCUT2D eigenvalue weighted by Crippen LogP contribution is 2.31. The number of hydrogen-bond donors (Lipinski definition) is 1. The number of para-hydroxylation sites is 1. The van der Waals surface area contributed by atoms with Crippen LogP contribution in [-0.4, -0.2) is 40.1 Å². The van der Waals surface area contributed by atoms with Crippen molar-refractivity contribution in [2.75, 3.05) is 26.7 Å². The SMILES string of the molecule is COc1ccccc1C(CNS(=O)(=O)c1cc(C)ccc1C)N1CCCCC1. The van der Waals surface area contributed by atoms with Crippen molar-refractivity contribution >= 4 is 10.0 Å². The van der Waals surface area contributed by atoms with E-state index in [0.717, 1.165) is 48.4 Å². The lowest BCUT2D eigenvalue weighted by atomic mass is 10.0. The number of likely N-dealkylation sites (tertiary alicyclic amines) is 1. The molecule has 1 saturated heterocycles. The van der Waals surface area contributed by atoms with Crippen molar-refractivity contribution in [2.24, 2.45) is 0 Å². The summed E-state index contributed by atoms with van der Waals surface area (Å²) in [4.78, 5) is 2.72. The van der Waals surface area contributed by atoms with Gasteiger partial charge < -0.3 is 4.74 Å². The molecule has 5 nitrogen and oxygen atoms in total. The molecule has 2 aromatic carbocycles. The van der Waals surface area contributed by atoms with Crippen molar-refractivity contribution in [1.29, 1.82) is 0 Å². The van der Waals surface area contributed by atoms with Gasteiger partial charge >= 0.3 is 0 Å². The highest BCUT2D eigenvalue weighted by atomic mass is 32.2. The van der Waals surface area contributed by atoms with Crippen LogP contribution in [0.3, 0.4) is 0 Å². The number of sulfonamides is 1. The summed E-state index contributed by atoms with van der Waals surface area (Å²) in [7, 11) is -1.93. The lowest BCUT2D eigenvalue weighted by Crippen LogP contribution is -2.40. The topological polar surface area (TPSA) is 58.6 Å². The molecule has 3 rings (SSSR count). The van der Waals surface area contributed by atoms with E-state index < -0.39 is 10.0 Å². The maximum absolute atomic E-state index is 13.0. The first kappa shape index (κ1) is 20.8. The average molecular weight is 403 g/mol. The molecule has 0 radical (unpaired) electrons. The molecule has 2 aromatic rings. The van der Waals surface area contributed by atoms with Crippen LogP contribution in [0.25, 0.3) is 0 Å². The number of ether oxygens (including phenoxy) is 1. The molecule has 1 aliphatic rings. The first-order valence-corrected chi connectivity index (χ1v) is 11.3. The summed E-state index contributed by atoms with van der Waals surface area (Å²) in [5, 5.41) is 0. The van der Waals surface area contributed by atoms with Crippen LogP contribution in [0.2, 0.25) is 0 Å².